The second-order valence-corrected chi connectivity index (χ2v) is 1.42. The maximum Gasteiger partial charge on any atom is 0.620 e. The molecular formula is C2BF7. The first kappa shape index (κ1) is 9.57. The Bertz CT molecular complexity index is 113. The van der Waals surface area contributed by atoms with Gasteiger partial charge >= 0.3 is 19.3 Å². The van der Waals surface area contributed by atoms with Crippen molar-refractivity contribution in [3.8, 4) is 0 Å². The van der Waals surface area contributed by atoms with Crippen LogP contribution >= 0.6 is 0 Å². The molecule has 0 unspecified atom stereocenters. The third-order valence-corrected chi connectivity index (χ3v) is 0.652. The van der Waals surface area contributed by atoms with Crippen molar-refractivity contribution >= 4 is 7.27 Å². The minimum Gasteiger partial charge on any atom is -0.280 e. The van der Waals surface area contributed by atoms with Crippen LogP contribution in [-0.2, 0) is 0 Å². The second-order valence-electron chi connectivity index (χ2n) is 1.42. The van der Waals surface area contributed by atoms with Gasteiger partial charge in [0, 0.05) is 0 Å². The Morgan fingerprint density at radius 3 is 1.10 bits per heavy atom. The fourth-order valence-corrected chi connectivity index (χ4v) is 0.124. The van der Waals surface area contributed by atoms with Crippen molar-refractivity contribution in [2.24, 2.45) is 0 Å². The van der Waals surface area contributed by atoms with Crippen molar-refractivity contribution in [3.05, 3.63) is 0 Å². The lowest BCUT2D eigenvalue weighted by Gasteiger charge is -2.15. The van der Waals surface area contributed by atoms with Gasteiger partial charge in [-0.15, -0.1) is 0 Å². The Morgan fingerprint density at radius 1 is 0.800 bits per heavy atom. The molecule has 0 bridgehead atoms. The van der Waals surface area contributed by atoms with Gasteiger partial charge in [0.2, 0.25) is 0 Å². The zero-order valence-electron chi connectivity index (χ0n) is 4.22. The highest BCUT2D eigenvalue weighted by atomic mass is 19.4. The minimum atomic E-state index is -6.17. The molecule has 60 valence electrons. The highest BCUT2D eigenvalue weighted by Gasteiger charge is 2.67. The molecule has 0 amide bonds. The number of halogens is 7. The van der Waals surface area contributed by atoms with Crippen LogP contribution in [0.15, 0.2) is 0 Å². The molecule has 0 aliphatic carbocycles. The predicted octanol–water partition coefficient (Wildman–Crippen LogP) is 2.15. The van der Waals surface area contributed by atoms with Crippen LogP contribution in [0.2, 0.25) is 0 Å². The first-order valence-corrected chi connectivity index (χ1v) is 1.92. The largest absolute Gasteiger partial charge is 0.620 e. The normalized spacial score (nSPS) is 13.5. The molecule has 0 N–H and O–H groups in total. The monoisotopic (exact) mass is 168 g/mol. The number of rotatable bonds is 1. The Kier molecular flexibility index (Phi) is 2.22. The Balaban J connectivity index is 4.40. The fraction of sp³-hybridized carbons (Fsp3) is 1.00. The molecule has 0 nitrogen and oxygen atoms in total. The summed E-state index contributed by atoms with van der Waals surface area (Å²) >= 11 is 0. The first-order chi connectivity index (χ1) is 4.19. The molecular weight excluding hydrogens is 168 g/mol. The van der Waals surface area contributed by atoms with Crippen molar-refractivity contribution in [2.75, 3.05) is 0 Å². The molecule has 0 aromatic rings. The third kappa shape index (κ3) is 1.54. The highest BCUT2D eigenvalue weighted by molar-refractivity contribution is 6.46. The molecule has 0 aliphatic heterocycles. The van der Waals surface area contributed by atoms with Gasteiger partial charge in [-0.25, -0.2) is 0 Å². The summed E-state index contributed by atoms with van der Waals surface area (Å²) in [7, 11) is -4.70. The SMILES string of the molecule is FB(F)C(F)(F)C(F)(F)F. The van der Waals surface area contributed by atoms with Crippen molar-refractivity contribution < 1.29 is 30.6 Å². The quantitative estimate of drug-likeness (QED) is 0.415. The van der Waals surface area contributed by atoms with Gasteiger partial charge in [0.05, 0.1) is 0 Å². The van der Waals surface area contributed by atoms with E-state index in [9.17, 15) is 30.6 Å². The Labute approximate surface area is 51.2 Å². The zero-order valence-corrected chi connectivity index (χ0v) is 4.22. The van der Waals surface area contributed by atoms with E-state index in [1.165, 1.54) is 0 Å². The molecule has 0 fully saturated rings. The summed E-state index contributed by atoms with van der Waals surface area (Å²) in [5.74, 6) is -5.90. The number of alkyl halides is 5. The number of hydrogen-bond donors (Lipinski definition) is 0. The van der Waals surface area contributed by atoms with Crippen LogP contribution in [0.4, 0.5) is 30.6 Å². The van der Waals surface area contributed by atoms with Crippen molar-refractivity contribution in [2.45, 2.75) is 12.0 Å². The lowest BCUT2D eigenvalue weighted by atomic mass is 9.87. The molecule has 0 aromatic carbocycles. The maximum atomic E-state index is 11.2. The summed E-state index contributed by atoms with van der Waals surface area (Å²) in [6, 6.07) is 0. The van der Waals surface area contributed by atoms with Crippen molar-refractivity contribution in [1.82, 2.24) is 0 Å². The van der Waals surface area contributed by atoms with Crippen LogP contribution in [0.3, 0.4) is 0 Å². The molecule has 0 spiro atoms. The molecule has 0 aromatic heterocycles. The van der Waals surface area contributed by atoms with Gasteiger partial charge in [-0.1, -0.05) is 0 Å². The van der Waals surface area contributed by atoms with Crippen LogP contribution in [0.1, 0.15) is 0 Å². The molecule has 0 rings (SSSR count). The average molecular weight is 168 g/mol. The van der Waals surface area contributed by atoms with E-state index in [0.29, 0.717) is 0 Å². The van der Waals surface area contributed by atoms with E-state index in [-0.39, 0.29) is 0 Å². The van der Waals surface area contributed by atoms with Crippen LogP contribution in [-0.4, -0.2) is 19.3 Å². The standard InChI is InChI=1S/C2BF7/c4-1(5,3(9)10)2(6,7)8. The van der Waals surface area contributed by atoms with Gasteiger partial charge in [0.25, 0.3) is 0 Å². The average Bonchev–Trinajstić information content (AvgIpc) is 1.62. The summed E-state index contributed by atoms with van der Waals surface area (Å²) in [6.45, 7) is 0. The predicted molar refractivity (Wildman–Crippen MR) is 19.0 cm³/mol. The third-order valence-electron chi connectivity index (χ3n) is 0.652. The van der Waals surface area contributed by atoms with E-state index in [1.54, 1.807) is 0 Å². The lowest BCUT2D eigenvalue weighted by Crippen LogP contribution is -2.45. The van der Waals surface area contributed by atoms with Gasteiger partial charge < -0.3 is 0 Å². The first-order valence-electron chi connectivity index (χ1n) is 1.92. The summed E-state index contributed by atoms with van der Waals surface area (Å²) in [4.78, 5) is 0. The smallest absolute Gasteiger partial charge is 0.280 e. The molecule has 10 heavy (non-hydrogen) atoms. The topological polar surface area (TPSA) is 0 Å². The summed E-state index contributed by atoms with van der Waals surface area (Å²) in [6.07, 6.45) is -6.17. The highest BCUT2D eigenvalue weighted by Crippen LogP contribution is 2.37. The van der Waals surface area contributed by atoms with Crippen molar-refractivity contribution in [3.63, 3.8) is 0 Å². The van der Waals surface area contributed by atoms with Gasteiger partial charge in [0.1, 0.15) is 0 Å². The Morgan fingerprint density at radius 2 is 1.10 bits per heavy atom. The van der Waals surface area contributed by atoms with E-state index < -0.39 is 19.3 Å². The van der Waals surface area contributed by atoms with Crippen LogP contribution in [0, 0.1) is 0 Å². The second kappa shape index (κ2) is 2.32. The molecule has 0 aliphatic rings. The molecule has 0 heterocycles. The van der Waals surface area contributed by atoms with E-state index in [2.05, 4.69) is 0 Å². The molecule has 8 heteroatoms. The van der Waals surface area contributed by atoms with E-state index >= 15 is 0 Å². The van der Waals surface area contributed by atoms with Crippen molar-refractivity contribution in [1.29, 1.82) is 0 Å². The van der Waals surface area contributed by atoms with E-state index in [0.717, 1.165) is 0 Å². The van der Waals surface area contributed by atoms with E-state index in [4.69, 9.17) is 0 Å². The zero-order chi connectivity index (χ0) is 8.58. The fourth-order valence-electron chi connectivity index (χ4n) is 0.124. The van der Waals surface area contributed by atoms with Gasteiger partial charge in [-0.2, -0.15) is 22.0 Å². The Hall–Kier alpha value is -0.425. The molecule has 0 atom stereocenters. The molecule has 0 radical (unpaired) electrons. The minimum absolute atomic E-state index is 4.70. The van der Waals surface area contributed by atoms with Crippen LogP contribution < -0.4 is 0 Å². The summed E-state index contributed by atoms with van der Waals surface area (Å²) < 4.78 is 76.6. The van der Waals surface area contributed by atoms with Crippen LogP contribution in [0.5, 0.6) is 0 Å². The number of hydrogen-bond acceptors (Lipinski definition) is 0. The van der Waals surface area contributed by atoms with E-state index in [1.807, 2.05) is 0 Å². The maximum absolute atomic E-state index is 11.2. The van der Waals surface area contributed by atoms with Gasteiger partial charge in [0.15, 0.2) is 0 Å². The van der Waals surface area contributed by atoms with Gasteiger partial charge in [-0.05, 0) is 0 Å². The summed E-state index contributed by atoms with van der Waals surface area (Å²) in [5, 5.41) is 0. The molecule has 0 saturated heterocycles. The lowest BCUT2D eigenvalue weighted by molar-refractivity contribution is -0.250. The summed E-state index contributed by atoms with van der Waals surface area (Å²) in [5.41, 5.74) is 0. The van der Waals surface area contributed by atoms with Crippen LogP contribution in [0.25, 0.3) is 0 Å². The van der Waals surface area contributed by atoms with Gasteiger partial charge in [-0.3, -0.25) is 8.63 Å². The molecule has 0 saturated carbocycles.